The average molecular weight is 219 g/mol. The first-order valence-corrected chi connectivity index (χ1v) is 5.81. The van der Waals surface area contributed by atoms with Gasteiger partial charge in [-0.3, -0.25) is 0 Å². The normalized spacial score (nSPS) is 21.1. The van der Waals surface area contributed by atoms with Gasteiger partial charge in [-0.15, -0.1) is 0 Å². The Morgan fingerprint density at radius 1 is 1.19 bits per heavy atom. The van der Waals surface area contributed by atoms with E-state index in [1.165, 1.54) is 5.56 Å². The van der Waals surface area contributed by atoms with Gasteiger partial charge in [0.25, 0.3) is 0 Å². The van der Waals surface area contributed by atoms with Gasteiger partial charge in [-0.25, -0.2) is 0 Å². The van der Waals surface area contributed by atoms with Gasteiger partial charge < -0.3 is 10.5 Å². The molecule has 0 aromatic heterocycles. The number of nitrogen functional groups attached to an aromatic ring is 1. The lowest BCUT2D eigenvalue weighted by molar-refractivity contribution is 0.0535. The van der Waals surface area contributed by atoms with Gasteiger partial charge in [-0.05, 0) is 44.2 Å². The van der Waals surface area contributed by atoms with Crippen LogP contribution >= 0.6 is 0 Å². The highest BCUT2D eigenvalue weighted by molar-refractivity contribution is 5.57. The van der Waals surface area contributed by atoms with Gasteiger partial charge >= 0.3 is 0 Å². The van der Waals surface area contributed by atoms with Gasteiger partial charge in [0.2, 0.25) is 0 Å². The number of fused-ring (bicyclic) bond motifs is 1. The first kappa shape index (κ1) is 11.3. The molecular weight excluding hydrogens is 198 g/mol. The summed E-state index contributed by atoms with van der Waals surface area (Å²) in [5.41, 5.74) is 9.20. The van der Waals surface area contributed by atoms with E-state index in [0.717, 1.165) is 23.4 Å². The summed E-state index contributed by atoms with van der Waals surface area (Å²) in [6, 6.07) is 4.13. The topological polar surface area (TPSA) is 35.2 Å². The quantitative estimate of drug-likeness (QED) is 0.679. The number of rotatable bonds is 0. The molecule has 1 heterocycles. The second kappa shape index (κ2) is 3.16. The van der Waals surface area contributed by atoms with Crippen molar-refractivity contribution in [2.24, 2.45) is 0 Å². The summed E-state index contributed by atoms with van der Waals surface area (Å²) in [6.45, 7) is 10.9. The largest absolute Gasteiger partial charge is 0.487 e. The van der Waals surface area contributed by atoms with Gasteiger partial charge in [0.1, 0.15) is 11.4 Å². The first-order chi connectivity index (χ1) is 7.21. The Labute approximate surface area is 97.8 Å². The zero-order valence-electron chi connectivity index (χ0n) is 10.8. The molecule has 0 radical (unpaired) electrons. The zero-order chi connectivity index (χ0) is 12.1. The van der Waals surface area contributed by atoms with Crippen LogP contribution < -0.4 is 10.5 Å². The van der Waals surface area contributed by atoms with Crippen LogP contribution in [0.1, 0.15) is 45.2 Å². The molecule has 0 fully saturated rings. The Bertz CT molecular complexity index is 433. The third kappa shape index (κ3) is 1.77. The maximum absolute atomic E-state index is 6.01. The van der Waals surface area contributed by atoms with Gasteiger partial charge in [0.05, 0.1) is 0 Å². The fraction of sp³-hybridized carbons (Fsp3) is 0.571. The van der Waals surface area contributed by atoms with E-state index in [4.69, 9.17) is 10.5 Å². The smallest absolute Gasteiger partial charge is 0.125 e. The van der Waals surface area contributed by atoms with Gasteiger partial charge in [-0.2, -0.15) is 0 Å². The minimum absolute atomic E-state index is 0.113. The summed E-state index contributed by atoms with van der Waals surface area (Å²) in [6.07, 6.45) is 1.02. The van der Waals surface area contributed by atoms with Crippen molar-refractivity contribution in [3.05, 3.63) is 23.3 Å². The van der Waals surface area contributed by atoms with Crippen molar-refractivity contribution in [1.82, 2.24) is 0 Å². The second-order valence-electron chi connectivity index (χ2n) is 6.13. The van der Waals surface area contributed by atoms with Crippen molar-refractivity contribution < 1.29 is 4.74 Å². The molecule has 0 aliphatic carbocycles. The van der Waals surface area contributed by atoms with Crippen molar-refractivity contribution in [3.8, 4) is 5.75 Å². The lowest BCUT2D eigenvalue weighted by Gasteiger charge is -2.42. The summed E-state index contributed by atoms with van der Waals surface area (Å²) in [7, 11) is 0. The maximum Gasteiger partial charge on any atom is 0.125 e. The second-order valence-corrected chi connectivity index (χ2v) is 6.13. The maximum atomic E-state index is 6.01. The number of nitrogens with two attached hydrogens (primary N) is 1. The van der Waals surface area contributed by atoms with Crippen LogP contribution in [0.4, 0.5) is 5.69 Å². The Balaban J connectivity index is 2.60. The molecule has 2 heteroatoms. The minimum Gasteiger partial charge on any atom is -0.487 e. The summed E-state index contributed by atoms with van der Waals surface area (Å²) < 4.78 is 6.01. The number of benzene rings is 1. The lowest BCUT2D eigenvalue weighted by atomic mass is 9.73. The van der Waals surface area contributed by atoms with Crippen LogP contribution in [0.15, 0.2) is 12.1 Å². The van der Waals surface area contributed by atoms with Crippen molar-refractivity contribution in [1.29, 1.82) is 0 Å². The van der Waals surface area contributed by atoms with Crippen LogP contribution in [0.25, 0.3) is 0 Å². The van der Waals surface area contributed by atoms with E-state index in [2.05, 4.69) is 33.8 Å². The summed E-state index contributed by atoms with van der Waals surface area (Å²) >= 11 is 0. The molecule has 0 unspecified atom stereocenters. The number of hydrogen-bond donors (Lipinski definition) is 1. The van der Waals surface area contributed by atoms with E-state index in [0.29, 0.717) is 0 Å². The predicted octanol–water partition coefficient (Wildman–Crippen LogP) is 3.42. The van der Waals surface area contributed by atoms with Crippen molar-refractivity contribution in [3.63, 3.8) is 0 Å². The molecule has 16 heavy (non-hydrogen) atoms. The third-order valence-corrected chi connectivity index (χ3v) is 3.35. The molecule has 0 spiro atoms. The molecule has 0 saturated carbocycles. The van der Waals surface area contributed by atoms with E-state index in [-0.39, 0.29) is 11.0 Å². The van der Waals surface area contributed by atoms with E-state index < -0.39 is 0 Å². The number of aryl methyl sites for hydroxylation is 1. The van der Waals surface area contributed by atoms with Crippen molar-refractivity contribution in [2.75, 3.05) is 5.73 Å². The standard InChI is InChI=1S/C14H21NO/c1-9-6-10-12(7-11(9)15)16-14(4,5)8-13(10,2)3/h6-7H,8,15H2,1-5H3. The van der Waals surface area contributed by atoms with E-state index >= 15 is 0 Å². The van der Waals surface area contributed by atoms with E-state index in [9.17, 15) is 0 Å². The summed E-state index contributed by atoms with van der Waals surface area (Å²) in [4.78, 5) is 0. The molecule has 2 nitrogen and oxygen atoms in total. The zero-order valence-corrected chi connectivity index (χ0v) is 10.8. The number of anilines is 1. The summed E-state index contributed by atoms with van der Waals surface area (Å²) in [5.74, 6) is 0.948. The predicted molar refractivity (Wildman–Crippen MR) is 67.9 cm³/mol. The van der Waals surface area contributed by atoms with E-state index in [1.807, 2.05) is 13.0 Å². The van der Waals surface area contributed by atoms with Gasteiger partial charge in [0.15, 0.2) is 0 Å². The summed E-state index contributed by atoms with van der Waals surface area (Å²) in [5, 5.41) is 0. The molecule has 0 atom stereocenters. The van der Waals surface area contributed by atoms with Crippen molar-refractivity contribution in [2.45, 2.75) is 52.1 Å². The minimum atomic E-state index is -0.113. The van der Waals surface area contributed by atoms with Crippen LogP contribution in [0, 0.1) is 6.92 Å². The number of ether oxygens (including phenoxy) is 1. The third-order valence-electron chi connectivity index (χ3n) is 3.35. The van der Waals surface area contributed by atoms with Crippen LogP contribution in [0.2, 0.25) is 0 Å². The molecule has 1 aromatic carbocycles. The lowest BCUT2D eigenvalue weighted by Crippen LogP contribution is -2.41. The first-order valence-electron chi connectivity index (χ1n) is 5.81. The van der Waals surface area contributed by atoms with Crippen LogP contribution in [-0.4, -0.2) is 5.60 Å². The fourth-order valence-corrected chi connectivity index (χ4v) is 2.81. The number of hydrogen-bond acceptors (Lipinski definition) is 2. The van der Waals surface area contributed by atoms with Crippen LogP contribution in [-0.2, 0) is 5.41 Å². The molecule has 1 aliphatic rings. The molecule has 2 N–H and O–H groups in total. The Morgan fingerprint density at radius 2 is 1.81 bits per heavy atom. The molecule has 0 saturated heterocycles. The van der Waals surface area contributed by atoms with Crippen LogP contribution in [0.3, 0.4) is 0 Å². The average Bonchev–Trinajstić information content (AvgIpc) is 2.06. The highest BCUT2D eigenvalue weighted by Gasteiger charge is 2.39. The Kier molecular flexibility index (Phi) is 2.23. The highest BCUT2D eigenvalue weighted by Crippen LogP contribution is 2.45. The molecule has 2 rings (SSSR count). The molecule has 0 amide bonds. The fourth-order valence-electron chi connectivity index (χ4n) is 2.81. The SMILES string of the molecule is Cc1cc2c(cc1N)OC(C)(C)CC2(C)C. The molecule has 0 bridgehead atoms. The highest BCUT2D eigenvalue weighted by atomic mass is 16.5. The van der Waals surface area contributed by atoms with Gasteiger partial charge in [0, 0.05) is 17.3 Å². The molecular formula is C14H21NO. The van der Waals surface area contributed by atoms with Gasteiger partial charge in [-0.1, -0.05) is 13.8 Å². The van der Waals surface area contributed by atoms with Crippen LogP contribution in [0.5, 0.6) is 5.75 Å². The van der Waals surface area contributed by atoms with Crippen molar-refractivity contribution >= 4 is 5.69 Å². The Hall–Kier alpha value is -1.18. The molecule has 88 valence electrons. The monoisotopic (exact) mass is 219 g/mol. The Morgan fingerprint density at radius 3 is 2.44 bits per heavy atom. The molecule has 1 aliphatic heterocycles. The molecule has 1 aromatic rings. The van der Waals surface area contributed by atoms with E-state index in [1.54, 1.807) is 0 Å².